The molecule has 2 amide bonds. The third kappa shape index (κ3) is 4.53. The Balaban J connectivity index is 1.75. The Morgan fingerprint density at radius 2 is 1.74 bits per heavy atom. The lowest BCUT2D eigenvalue weighted by atomic mass is 10.2. The lowest BCUT2D eigenvalue weighted by Gasteiger charge is -2.08. The van der Waals surface area contributed by atoms with Gasteiger partial charge in [-0.3, -0.25) is 9.59 Å². The predicted molar refractivity (Wildman–Crippen MR) is 108 cm³/mol. The maximum absolute atomic E-state index is 13.3. The molecule has 0 fully saturated rings. The maximum atomic E-state index is 13.3. The quantitative estimate of drug-likeness (QED) is 0.591. The Hall–Kier alpha value is -2.70. The zero-order valence-corrected chi connectivity index (χ0v) is 16.2. The van der Waals surface area contributed by atoms with E-state index in [-0.39, 0.29) is 11.5 Å². The van der Waals surface area contributed by atoms with E-state index in [1.807, 2.05) is 6.92 Å². The summed E-state index contributed by atoms with van der Waals surface area (Å²) in [4.78, 5) is 25.3. The predicted octanol–water partition coefficient (Wildman–Crippen LogP) is 5.66. The summed E-state index contributed by atoms with van der Waals surface area (Å²) in [6.07, 6.45) is 0. The van der Waals surface area contributed by atoms with Crippen LogP contribution in [0.1, 0.15) is 31.2 Å². The number of rotatable bonds is 4. The maximum Gasteiger partial charge on any atom is 0.266 e. The summed E-state index contributed by atoms with van der Waals surface area (Å²) < 4.78 is 13.3. The van der Waals surface area contributed by atoms with Crippen LogP contribution in [-0.4, -0.2) is 11.8 Å². The van der Waals surface area contributed by atoms with Crippen molar-refractivity contribution in [1.29, 1.82) is 0 Å². The molecule has 0 bridgehead atoms. The highest BCUT2D eigenvalue weighted by Crippen LogP contribution is 2.29. The molecule has 0 atom stereocenters. The standard InChI is InChI=1S/C20H16ClFN2O2S/c1-11-8-14(21)6-7-16(11)23-20(26)18-12(2)9-17(27-18)24-19(25)13-4-3-5-15(22)10-13/h3-10H,1-2H3,(H,23,26)(H,24,25). The second-order valence-corrected chi connectivity index (χ2v) is 7.49. The van der Waals surface area contributed by atoms with Gasteiger partial charge in [-0.1, -0.05) is 17.7 Å². The van der Waals surface area contributed by atoms with Crippen LogP contribution >= 0.6 is 22.9 Å². The van der Waals surface area contributed by atoms with E-state index >= 15 is 0 Å². The van der Waals surface area contributed by atoms with Gasteiger partial charge in [0.2, 0.25) is 0 Å². The van der Waals surface area contributed by atoms with Crippen LogP contribution in [0.3, 0.4) is 0 Å². The van der Waals surface area contributed by atoms with Crippen LogP contribution in [0.5, 0.6) is 0 Å². The van der Waals surface area contributed by atoms with Gasteiger partial charge in [0, 0.05) is 16.3 Å². The highest BCUT2D eigenvalue weighted by Gasteiger charge is 2.16. The zero-order valence-electron chi connectivity index (χ0n) is 14.6. The van der Waals surface area contributed by atoms with Gasteiger partial charge in [0.25, 0.3) is 11.8 Å². The highest BCUT2D eigenvalue weighted by molar-refractivity contribution is 7.18. The Bertz CT molecular complexity index is 1030. The van der Waals surface area contributed by atoms with Gasteiger partial charge in [-0.25, -0.2) is 4.39 Å². The third-order valence-corrected chi connectivity index (χ3v) is 5.27. The van der Waals surface area contributed by atoms with Gasteiger partial charge in [-0.15, -0.1) is 11.3 Å². The molecule has 0 spiro atoms. The SMILES string of the molecule is Cc1cc(Cl)ccc1NC(=O)c1sc(NC(=O)c2cccc(F)c2)cc1C. The molecule has 0 saturated carbocycles. The number of aryl methyl sites for hydroxylation is 2. The molecule has 0 aliphatic rings. The summed E-state index contributed by atoms with van der Waals surface area (Å²) >= 11 is 7.09. The van der Waals surface area contributed by atoms with Crippen molar-refractivity contribution in [2.24, 2.45) is 0 Å². The van der Waals surface area contributed by atoms with Crippen LogP contribution in [0.15, 0.2) is 48.5 Å². The molecule has 7 heteroatoms. The summed E-state index contributed by atoms with van der Waals surface area (Å²) in [5, 5.41) is 6.66. The number of hydrogen-bond acceptors (Lipinski definition) is 3. The number of carbonyl (C=O) groups excluding carboxylic acids is 2. The first-order valence-corrected chi connectivity index (χ1v) is 9.28. The molecule has 0 unspecified atom stereocenters. The van der Waals surface area contributed by atoms with E-state index in [9.17, 15) is 14.0 Å². The third-order valence-electron chi connectivity index (χ3n) is 3.88. The Kier molecular flexibility index (Phi) is 5.58. The smallest absolute Gasteiger partial charge is 0.266 e. The second kappa shape index (κ2) is 7.90. The fraction of sp³-hybridized carbons (Fsp3) is 0.100. The summed E-state index contributed by atoms with van der Waals surface area (Å²) in [6.45, 7) is 3.64. The zero-order chi connectivity index (χ0) is 19.6. The normalized spacial score (nSPS) is 10.5. The molecule has 2 aromatic carbocycles. The molecular weight excluding hydrogens is 387 g/mol. The number of thiophene rings is 1. The summed E-state index contributed by atoms with van der Waals surface area (Å²) in [5.41, 5.74) is 2.47. The van der Waals surface area contributed by atoms with Crippen molar-refractivity contribution < 1.29 is 14.0 Å². The van der Waals surface area contributed by atoms with Crippen LogP contribution in [0.2, 0.25) is 5.02 Å². The van der Waals surface area contributed by atoms with E-state index in [0.29, 0.717) is 20.6 Å². The van der Waals surface area contributed by atoms with Gasteiger partial charge in [0.1, 0.15) is 5.82 Å². The monoisotopic (exact) mass is 402 g/mol. The average Bonchev–Trinajstić information content (AvgIpc) is 2.97. The van der Waals surface area contributed by atoms with Crippen molar-refractivity contribution in [3.8, 4) is 0 Å². The number of carbonyl (C=O) groups is 2. The van der Waals surface area contributed by atoms with Crippen LogP contribution in [0.25, 0.3) is 0 Å². The van der Waals surface area contributed by atoms with Crippen LogP contribution in [0, 0.1) is 19.7 Å². The molecule has 1 heterocycles. The Morgan fingerprint density at radius 1 is 0.963 bits per heavy atom. The summed E-state index contributed by atoms with van der Waals surface area (Å²) in [5.74, 6) is -1.19. The van der Waals surface area contributed by atoms with Gasteiger partial charge in [-0.05, 0) is 67.4 Å². The number of nitrogens with one attached hydrogen (secondary N) is 2. The van der Waals surface area contributed by atoms with Gasteiger partial charge in [0.15, 0.2) is 0 Å². The number of anilines is 2. The van der Waals surface area contributed by atoms with E-state index in [2.05, 4.69) is 10.6 Å². The van der Waals surface area contributed by atoms with Crippen molar-refractivity contribution in [3.63, 3.8) is 0 Å². The fourth-order valence-electron chi connectivity index (χ4n) is 2.53. The largest absolute Gasteiger partial charge is 0.321 e. The Labute approximate surface area is 165 Å². The van der Waals surface area contributed by atoms with Crippen molar-refractivity contribution in [2.45, 2.75) is 13.8 Å². The molecule has 3 rings (SSSR count). The molecule has 138 valence electrons. The van der Waals surface area contributed by atoms with Crippen molar-refractivity contribution in [2.75, 3.05) is 10.6 Å². The minimum Gasteiger partial charge on any atom is -0.321 e. The van der Waals surface area contributed by atoms with Crippen LogP contribution in [0.4, 0.5) is 15.1 Å². The molecule has 0 aliphatic carbocycles. The average molecular weight is 403 g/mol. The summed E-state index contributed by atoms with van der Waals surface area (Å²) in [7, 11) is 0. The number of hydrogen-bond donors (Lipinski definition) is 2. The lowest BCUT2D eigenvalue weighted by molar-refractivity contribution is 0.101. The minimum atomic E-state index is -0.483. The van der Waals surface area contributed by atoms with E-state index in [4.69, 9.17) is 11.6 Å². The van der Waals surface area contributed by atoms with Crippen molar-refractivity contribution in [3.05, 3.63) is 80.9 Å². The van der Waals surface area contributed by atoms with E-state index in [1.165, 1.54) is 18.2 Å². The fourth-order valence-corrected chi connectivity index (χ4v) is 3.72. The van der Waals surface area contributed by atoms with Crippen molar-refractivity contribution >= 4 is 45.4 Å². The molecule has 3 aromatic rings. The number of halogens is 2. The molecular formula is C20H16ClFN2O2S. The van der Waals surface area contributed by atoms with Gasteiger partial charge >= 0.3 is 0 Å². The Morgan fingerprint density at radius 3 is 2.44 bits per heavy atom. The molecule has 1 aromatic heterocycles. The molecule has 4 nitrogen and oxygen atoms in total. The first kappa shape index (κ1) is 19.1. The molecule has 0 saturated heterocycles. The van der Waals surface area contributed by atoms with Gasteiger partial charge in [-0.2, -0.15) is 0 Å². The van der Waals surface area contributed by atoms with Gasteiger partial charge < -0.3 is 10.6 Å². The first-order valence-electron chi connectivity index (χ1n) is 8.08. The minimum absolute atomic E-state index is 0.212. The number of amides is 2. The second-order valence-electron chi connectivity index (χ2n) is 6.00. The van der Waals surface area contributed by atoms with Crippen molar-refractivity contribution in [1.82, 2.24) is 0 Å². The van der Waals surface area contributed by atoms with E-state index in [1.54, 1.807) is 31.2 Å². The lowest BCUT2D eigenvalue weighted by Crippen LogP contribution is -2.12. The first-order chi connectivity index (χ1) is 12.8. The molecule has 2 N–H and O–H groups in total. The van der Waals surface area contributed by atoms with E-state index < -0.39 is 11.7 Å². The van der Waals surface area contributed by atoms with Crippen LogP contribution in [-0.2, 0) is 0 Å². The van der Waals surface area contributed by atoms with E-state index in [0.717, 1.165) is 28.5 Å². The summed E-state index contributed by atoms with van der Waals surface area (Å²) in [6, 6.07) is 12.4. The molecule has 0 aliphatic heterocycles. The van der Waals surface area contributed by atoms with Gasteiger partial charge in [0.05, 0.1) is 9.88 Å². The highest BCUT2D eigenvalue weighted by atomic mass is 35.5. The van der Waals surface area contributed by atoms with Crippen LogP contribution < -0.4 is 10.6 Å². The topological polar surface area (TPSA) is 58.2 Å². The molecule has 27 heavy (non-hydrogen) atoms. The number of benzene rings is 2. The molecule has 0 radical (unpaired) electrons.